The molecule has 9 heteroatoms. The minimum atomic E-state index is -1.11. The van der Waals surface area contributed by atoms with Crippen LogP contribution in [0.25, 0.3) is 5.65 Å². The molecule has 0 unspecified atom stereocenters. The topological polar surface area (TPSA) is 83.6 Å². The van der Waals surface area contributed by atoms with E-state index < -0.39 is 6.09 Å². The maximum absolute atomic E-state index is 11.8. The molecule has 3 heterocycles. The van der Waals surface area contributed by atoms with Gasteiger partial charge < -0.3 is 5.11 Å². The molecule has 0 aliphatic heterocycles. The summed E-state index contributed by atoms with van der Waals surface area (Å²) in [6.07, 6.45) is 0.534. The van der Waals surface area contributed by atoms with Crippen molar-refractivity contribution in [2.75, 3.05) is 4.90 Å². The van der Waals surface area contributed by atoms with E-state index in [1.54, 1.807) is 19.2 Å². The Kier molecular flexibility index (Phi) is 4.42. The largest absolute Gasteiger partial charge is 0.465 e. The third kappa shape index (κ3) is 3.07. The molecule has 1 amide bonds. The summed E-state index contributed by atoms with van der Waals surface area (Å²) in [4.78, 5) is 21.3. The highest BCUT2D eigenvalue weighted by Crippen LogP contribution is 2.28. The number of carboxylic acid groups (broad SMARTS) is 1. The SMILES string of the molecule is Cc1cc(CN(C(=O)O)c2cc(Cl)nc3c(Br)c(C)nn23)ccn1. The zero-order chi connectivity index (χ0) is 17.4. The number of aryl methyl sites for hydroxylation is 2. The number of aromatic nitrogens is 4. The quantitative estimate of drug-likeness (QED) is 0.663. The van der Waals surface area contributed by atoms with Crippen molar-refractivity contribution in [3.63, 3.8) is 0 Å². The van der Waals surface area contributed by atoms with Gasteiger partial charge in [0.05, 0.1) is 16.7 Å². The van der Waals surface area contributed by atoms with Crippen molar-refractivity contribution in [3.05, 3.63) is 51.0 Å². The number of anilines is 1. The van der Waals surface area contributed by atoms with Gasteiger partial charge in [-0.25, -0.2) is 9.78 Å². The first-order valence-corrected chi connectivity index (χ1v) is 8.17. The van der Waals surface area contributed by atoms with E-state index in [0.29, 0.717) is 21.6 Å². The number of carbonyl (C=O) groups is 1. The van der Waals surface area contributed by atoms with E-state index in [1.165, 1.54) is 15.5 Å². The van der Waals surface area contributed by atoms with Crippen molar-refractivity contribution in [1.82, 2.24) is 19.6 Å². The molecule has 24 heavy (non-hydrogen) atoms. The summed E-state index contributed by atoms with van der Waals surface area (Å²) in [6.45, 7) is 3.79. The third-order valence-corrected chi connectivity index (χ3v) is 4.57. The summed E-state index contributed by atoms with van der Waals surface area (Å²) < 4.78 is 2.14. The summed E-state index contributed by atoms with van der Waals surface area (Å²) in [5, 5.41) is 14.2. The van der Waals surface area contributed by atoms with Crippen LogP contribution in [0.3, 0.4) is 0 Å². The lowest BCUT2D eigenvalue weighted by molar-refractivity contribution is 0.201. The zero-order valence-corrected chi connectivity index (χ0v) is 15.2. The standard InChI is InChI=1S/C15H13BrClN5O2/c1-8-5-10(3-4-18-8)7-21(15(23)24)12-6-11(17)19-14-13(16)9(2)20-22(12)14/h3-6H,7H2,1-2H3,(H,23,24). The summed E-state index contributed by atoms with van der Waals surface area (Å²) in [6, 6.07) is 5.09. The van der Waals surface area contributed by atoms with Crippen LogP contribution < -0.4 is 4.90 Å². The molecule has 0 saturated heterocycles. The highest BCUT2D eigenvalue weighted by Gasteiger charge is 2.22. The molecule has 0 atom stereocenters. The van der Waals surface area contributed by atoms with Crippen molar-refractivity contribution < 1.29 is 9.90 Å². The normalized spacial score (nSPS) is 11.0. The molecule has 0 bridgehead atoms. The van der Waals surface area contributed by atoms with Crippen LogP contribution in [0.2, 0.25) is 5.15 Å². The third-order valence-electron chi connectivity index (χ3n) is 3.45. The average molecular weight is 411 g/mol. The highest BCUT2D eigenvalue weighted by molar-refractivity contribution is 9.10. The lowest BCUT2D eigenvalue weighted by Crippen LogP contribution is -2.30. The van der Waals surface area contributed by atoms with E-state index in [0.717, 1.165) is 11.3 Å². The van der Waals surface area contributed by atoms with Crippen molar-refractivity contribution in [1.29, 1.82) is 0 Å². The van der Waals surface area contributed by atoms with E-state index >= 15 is 0 Å². The number of rotatable bonds is 3. The van der Waals surface area contributed by atoms with Gasteiger partial charge in [0.1, 0.15) is 11.0 Å². The Morgan fingerprint density at radius 2 is 2.17 bits per heavy atom. The molecular weight excluding hydrogens is 398 g/mol. The fraction of sp³-hybridized carbons (Fsp3) is 0.200. The second kappa shape index (κ2) is 6.37. The van der Waals surface area contributed by atoms with Crippen LogP contribution in [0, 0.1) is 13.8 Å². The van der Waals surface area contributed by atoms with Crippen molar-refractivity contribution >= 4 is 45.1 Å². The van der Waals surface area contributed by atoms with Crippen molar-refractivity contribution in [2.24, 2.45) is 0 Å². The second-order valence-electron chi connectivity index (χ2n) is 5.25. The Morgan fingerprint density at radius 1 is 1.42 bits per heavy atom. The minimum absolute atomic E-state index is 0.144. The number of hydrogen-bond acceptors (Lipinski definition) is 4. The van der Waals surface area contributed by atoms with E-state index in [1.807, 2.05) is 13.0 Å². The van der Waals surface area contributed by atoms with Crippen LogP contribution in [0.1, 0.15) is 17.0 Å². The molecule has 0 aromatic carbocycles. The minimum Gasteiger partial charge on any atom is -0.465 e. The molecule has 3 rings (SSSR count). The number of halogens is 2. The van der Waals surface area contributed by atoms with E-state index in [-0.39, 0.29) is 11.7 Å². The molecule has 0 aliphatic rings. The van der Waals surface area contributed by atoms with Gasteiger partial charge in [0, 0.05) is 18.0 Å². The van der Waals surface area contributed by atoms with Crippen LogP contribution in [0.4, 0.5) is 10.6 Å². The fourth-order valence-corrected chi connectivity index (χ4v) is 2.89. The Balaban J connectivity index is 2.14. The number of amides is 1. The lowest BCUT2D eigenvalue weighted by atomic mass is 10.2. The zero-order valence-electron chi connectivity index (χ0n) is 12.9. The molecule has 0 fully saturated rings. The monoisotopic (exact) mass is 409 g/mol. The Hall–Kier alpha value is -2.19. The number of hydrogen-bond donors (Lipinski definition) is 1. The molecule has 124 valence electrons. The van der Waals surface area contributed by atoms with Gasteiger partial charge in [-0.15, -0.1) is 0 Å². The van der Waals surface area contributed by atoms with Crippen LogP contribution >= 0.6 is 27.5 Å². The molecule has 0 aliphatic carbocycles. The van der Waals surface area contributed by atoms with Crippen LogP contribution in [-0.2, 0) is 6.54 Å². The predicted octanol–water partition coefficient (Wildman–Crippen LogP) is 3.84. The predicted molar refractivity (Wildman–Crippen MR) is 93.6 cm³/mol. The first-order valence-electron chi connectivity index (χ1n) is 7.00. The van der Waals surface area contributed by atoms with Gasteiger partial charge in [0.25, 0.3) is 0 Å². The first-order chi connectivity index (χ1) is 11.4. The van der Waals surface area contributed by atoms with Crippen LogP contribution in [0.15, 0.2) is 28.9 Å². The van der Waals surface area contributed by atoms with Gasteiger partial charge in [0.15, 0.2) is 5.65 Å². The number of pyridine rings is 1. The summed E-state index contributed by atoms with van der Waals surface area (Å²) in [5.41, 5.74) is 2.78. The fourth-order valence-electron chi connectivity index (χ4n) is 2.38. The van der Waals surface area contributed by atoms with E-state index in [4.69, 9.17) is 11.6 Å². The van der Waals surface area contributed by atoms with Gasteiger partial charge in [-0.05, 0) is 47.5 Å². The molecular formula is C15H13BrClN5O2. The maximum atomic E-state index is 11.8. The maximum Gasteiger partial charge on any atom is 0.413 e. The van der Waals surface area contributed by atoms with Crippen LogP contribution in [-0.4, -0.2) is 30.8 Å². The molecule has 3 aromatic heterocycles. The van der Waals surface area contributed by atoms with E-state index in [9.17, 15) is 9.90 Å². The summed E-state index contributed by atoms with van der Waals surface area (Å²) >= 11 is 9.48. The molecule has 0 spiro atoms. The van der Waals surface area contributed by atoms with Crippen molar-refractivity contribution in [3.8, 4) is 0 Å². The Bertz CT molecular complexity index is 943. The molecule has 0 saturated carbocycles. The smallest absolute Gasteiger partial charge is 0.413 e. The van der Waals surface area contributed by atoms with Gasteiger partial charge in [-0.1, -0.05) is 11.6 Å². The molecule has 1 N–H and O–H groups in total. The Labute approximate surface area is 151 Å². The van der Waals surface area contributed by atoms with Gasteiger partial charge in [0.2, 0.25) is 0 Å². The lowest BCUT2D eigenvalue weighted by Gasteiger charge is -2.20. The van der Waals surface area contributed by atoms with Gasteiger partial charge in [-0.3, -0.25) is 9.88 Å². The summed E-state index contributed by atoms with van der Waals surface area (Å²) in [7, 11) is 0. The highest BCUT2D eigenvalue weighted by atomic mass is 79.9. The van der Waals surface area contributed by atoms with Gasteiger partial charge in [-0.2, -0.15) is 9.61 Å². The second-order valence-corrected chi connectivity index (χ2v) is 6.43. The summed E-state index contributed by atoms with van der Waals surface area (Å²) in [5.74, 6) is 0.320. The average Bonchev–Trinajstić information content (AvgIpc) is 2.80. The number of nitrogens with zero attached hydrogens (tertiary/aromatic N) is 5. The first kappa shape index (κ1) is 16.7. The van der Waals surface area contributed by atoms with Crippen molar-refractivity contribution in [2.45, 2.75) is 20.4 Å². The van der Waals surface area contributed by atoms with E-state index in [2.05, 4.69) is 31.0 Å². The number of fused-ring (bicyclic) bond motifs is 1. The van der Waals surface area contributed by atoms with Gasteiger partial charge >= 0.3 is 6.09 Å². The molecule has 0 radical (unpaired) electrons. The Morgan fingerprint density at radius 3 is 2.83 bits per heavy atom. The molecule has 3 aromatic rings. The van der Waals surface area contributed by atoms with Crippen LogP contribution in [0.5, 0.6) is 0 Å². The molecule has 7 nitrogen and oxygen atoms in total.